The normalized spacial score (nSPS) is 23.8. The highest BCUT2D eigenvalue weighted by Crippen LogP contribution is 2.29. The molecule has 2 rings (SSSR count). The lowest BCUT2D eigenvalue weighted by Gasteiger charge is -2.36. The first-order chi connectivity index (χ1) is 8.20. The van der Waals surface area contributed by atoms with E-state index in [1.54, 1.807) is 11.3 Å². The molecule has 0 aliphatic carbocycles. The Hall–Kier alpha value is -0.130. The maximum Gasteiger partial charge on any atom is 0.0931 e. The van der Waals surface area contributed by atoms with Crippen molar-refractivity contribution in [3.05, 3.63) is 21.3 Å². The van der Waals surface area contributed by atoms with Crippen molar-refractivity contribution in [2.45, 2.75) is 19.1 Å². The van der Waals surface area contributed by atoms with Crippen LogP contribution in [0, 0.1) is 0 Å². The van der Waals surface area contributed by atoms with E-state index in [4.69, 9.17) is 16.3 Å². The molecule has 2 heterocycles. The van der Waals surface area contributed by atoms with Crippen LogP contribution in [0.2, 0.25) is 4.34 Å². The predicted molar refractivity (Wildman–Crippen MR) is 73.0 cm³/mol. The lowest BCUT2D eigenvalue weighted by Crippen LogP contribution is -2.46. The van der Waals surface area contributed by atoms with Crippen molar-refractivity contribution >= 4 is 22.9 Å². The summed E-state index contributed by atoms with van der Waals surface area (Å²) < 4.78 is 6.58. The molecular weight excluding hydrogens is 256 g/mol. The minimum Gasteiger partial charge on any atom is -0.374 e. The second-order valence-corrected chi connectivity index (χ2v) is 5.95. The van der Waals surface area contributed by atoms with E-state index in [-0.39, 0.29) is 0 Å². The summed E-state index contributed by atoms with van der Waals surface area (Å²) in [6, 6.07) is 2.49. The van der Waals surface area contributed by atoms with Crippen LogP contribution in [-0.4, -0.2) is 44.3 Å². The molecule has 1 aromatic rings. The number of rotatable bonds is 4. The molecule has 0 saturated carbocycles. The molecule has 0 amide bonds. The molecule has 96 valence electrons. The average molecular weight is 275 g/mol. The van der Waals surface area contributed by atoms with Gasteiger partial charge >= 0.3 is 0 Å². The zero-order chi connectivity index (χ0) is 12.3. The van der Waals surface area contributed by atoms with Gasteiger partial charge in [0, 0.05) is 25.7 Å². The number of hydrogen-bond acceptors (Lipinski definition) is 4. The Morgan fingerprint density at radius 2 is 2.53 bits per heavy atom. The smallest absolute Gasteiger partial charge is 0.0931 e. The molecule has 2 atom stereocenters. The van der Waals surface area contributed by atoms with Crippen molar-refractivity contribution in [2.24, 2.45) is 0 Å². The molecule has 1 N–H and O–H groups in total. The molecule has 2 unspecified atom stereocenters. The monoisotopic (exact) mass is 274 g/mol. The van der Waals surface area contributed by atoms with Crippen LogP contribution in [0.25, 0.3) is 0 Å². The lowest BCUT2D eigenvalue weighted by molar-refractivity contribution is -0.0392. The first kappa shape index (κ1) is 13.3. The minimum absolute atomic E-state index is 0.297. The number of nitrogens with one attached hydrogen (secondary N) is 1. The number of nitrogens with zero attached hydrogens (tertiary/aromatic N) is 1. The Morgan fingerprint density at radius 1 is 1.71 bits per heavy atom. The summed E-state index contributed by atoms with van der Waals surface area (Å²) in [5, 5.41) is 5.32. The summed E-state index contributed by atoms with van der Waals surface area (Å²) in [6.45, 7) is 5.94. The van der Waals surface area contributed by atoms with Gasteiger partial charge in [0.2, 0.25) is 0 Å². The van der Waals surface area contributed by atoms with E-state index < -0.39 is 0 Å². The minimum atomic E-state index is 0.297. The molecule has 1 fully saturated rings. The van der Waals surface area contributed by atoms with E-state index in [2.05, 4.69) is 28.6 Å². The van der Waals surface area contributed by atoms with Crippen LogP contribution in [-0.2, 0) is 4.74 Å². The van der Waals surface area contributed by atoms with Crippen molar-refractivity contribution in [3.8, 4) is 0 Å². The van der Waals surface area contributed by atoms with E-state index in [1.165, 1.54) is 5.56 Å². The van der Waals surface area contributed by atoms with Gasteiger partial charge in [0.25, 0.3) is 0 Å². The number of hydrogen-bond donors (Lipinski definition) is 1. The third-order valence-corrected chi connectivity index (χ3v) is 4.33. The first-order valence-corrected chi connectivity index (χ1v) is 7.20. The van der Waals surface area contributed by atoms with Gasteiger partial charge in [-0.25, -0.2) is 0 Å². The Balaban J connectivity index is 1.97. The van der Waals surface area contributed by atoms with Gasteiger partial charge < -0.3 is 10.1 Å². The summed E-state index contributed by atoms with van der Waals surface area (Å²) in [5.74, 6) is 0. The van der Waals surface area contributed by atoms with Gasteiger partial charge in [-0.05, 0) is 31.0 Å². The fourth-order valence-corrected chi connectivity index (χ4v) is 3.18. The van der Waals surface area contributed by atoms with Gasteiger partial charge in [-0.1, -0.05) is 11.6 Å². The number of halogens is 1. The van der Waals surface area contributed by atoms with E-state index >= 15 is 0 Å². The number of ether oxygens (including phenoxy) is 1. The molecule has 0 bridgehead atoms. The van der Waals surface area contributed by atoms with E-state index in [1.807, 2.05) is 7.05 Å². The maximum atomic E-state index is 5.99. The molecule has 17 heavy (non-hydrogen) atoms. The van der Waals surface area contributed by atoms with Crippen molar-refractivity contribution < 1.29 is 4.74 Å². The van der Waals surface area contributed by atoms with Gasteiger partial charge in [-0.2, -0.15) is 0 Å². The highest BCUT2D eigenvalue weighted by Gasteiger charge is 2.24. The quantitative estimate of drug-likeness (QED) is 0.912. The van der Waals surface area contributed by atoms with Crippen molar-refractivity contribution in [1.82, 2.24) is 10.2 Å². The molecule has 1 aliphatic heterocycles. The summed E-state index contributed by atoms with van der Waals surface area (Å²) in [5.41, 5.74) is 1.31. The first-order valence-electron chi connectivity index (χ1n) is 5.95. The molecule has 1 aliphatic rings. The largest absolute Gasteiger partial charge is 0.374 e. The van der Waals surface area contributed by atoms with Crippen molar-refractivity contribution in [1.29, 1.82) is 0 Å². The maximum absolute atomic E-state index is 5.99. The van der Waals surface area contributed by atoms with Crippen molar-refractivity contribution in [3.63, 3.8) is 0 Å². The van der Waals surface area contributed by atoms with Gasteiger partial charge in [-0.3, -0.25) is 4.90 Å². The summed E-state index contributed by atoms with van der Waals surface area (Å²) in [7, 11) is 1.96. The van der Waals surface area contributed by atoms with Crippen LogP contribution in [0.5, 0.6) is 0 Å². The average Bonchev–Trinajstić information content (AvgIpc) is 2.76. The standard InChI is InChI=1S/C12H19ClN2OS/c1-9(10-5-12(13)17-8-10)15-3-4-16-11(7-15)6-14-2/h5,8-9,11,14H,3-4,6-7H2,1-2H3. The predicted octanol–water partition coefficient (Wildman–Crippen LogP) is 2.38. The third-order valence-electron chi connectivity index (χ3n) is 3.22. The van der Waals surface area contributed by atoms with Crippen LogP contribution in [0.15, 0.2) is 11.4 Å². The van der Waals surface area contributed by atoms with E-state index in [9.17, 15) is 0 Å². The number of thiophene rings is 1. The molecule has 0 aromatic carbocycles. The molecule has 0 spiro atoms. The zero-order valence-electron chi connectivity index (χ0n) is 10.3. The molecule has 0 radical (unpaired) electrons. The molecule has 5 heteroatoms. The zero-order valence-corrected chi connectivity index (χ0v) is 11.9. The fraction of sp³-hybridized carbons (Fsp3) is 0.667. The Bertz CT molecular complexity index is 356. The van der Waals surface area contributed by atoms with Gasteiger partial charge in [0.15, 0.2) is 0 Å². The Labute approximate surface area is 112 Å². The Morgan fingerprint density at radius 3 is 3.18 bits per heavy atom. The van der Waals surface area contributed by atoms with E-state index in [0.29, 0.717) is 12.1 Å². The summed E-state index contributed by atoms with van der Waals surface area (Å²) >= 11 is 7.59. The van der Waals surface area contributed by atoms with Crippen LogP contribution >= 0.6 is 22.9 Å². The summed E-state index contributed by atoms with van der Waals surface area (Å²) in [4.78, 5) is 2.46. The SMILES string of the molecule is CNCC1CN(C(C)c2csc(Cl)c2)CCO1. The second kappa shape index (κ2) is 6.16. The molecule has 1 aromatic heterocycles. The van der Waals surface area contributed by atoms with Crippen LogP contribution < -0.4 is 5.32 Å². The number of likely N-dealkylation sites (N-methyl/N-ethyl adjacent to an activating group) is 1. The van der Waals surface area contributed by atoms with Crippen LogP contribution in [0.4, 0.5) is 0 Å². The van der Waals surface area contributed by atoms with Crippen LogP contribution in [0.1, 0.15) is 18.5 Å². The van der Waals surface area contributed by atoms with Crippen LogP contribution in [0.3, 0.4) is 0 Å². The van der Waals surface area contributed by atoms with Gasteiger partial charge in [0.1, 0.15) is 0 Å². The molecular formula is C12H19ClN2OS. The fourth-order valence-electron chi connectivity index (χ4n) is 2.20. The summed E-state index contributed by atoms with van der Waals surface area (Å²) in [6.07, 6.45) is 0.297. The second-order valence-electron chi connectivity index (χ2n) is 4.41. The number of morpholine rings is 1. The Kier molecular flexibility index (Phi) is 4.82. The molecule has 1 saturated heterocycles. The third kappa shape index (κ3) is 3.42. The lowest BCUT2D eigenvalue weighted by atomic mass is 10.1. The highest BCUT2D eigenvalue weighted by molar-refractivity contribution is 7.14. The highest BCUT2D eigenvalue weighted by atomic mass is 35.5. The molecule has 3 nitrogen and oxygen atoms in total. The van der Waals surface area contributed by atoms with Crippen molar-refractivity contribution in [2.75, 3.05) is 33.3 Å². The van der Waals surface area contributed by atoms with E-state index in [0.717, 1.165) is 30.6 Å². The van der Waals surface area contributed by atoms with Gasteiger partial charge in [0.05, 0.1) is 17.0 Å². The van der Waals surface area contributed by atoms with Gasteiger partial charge in [-0.15, -0.1) is 11.3 Å². The topological polar surface area (TPSA) is 24.5 Å².